The van der Waals surface area contributed by atoms with Gasteiger partial charge in [-0.1, -0.05) is 24.3 Å². The summed E-state index contributed by atoms with van der Waals surface area (Å²) in [7, 11) is 0. The average Bonchev–Trinajstić information content (AvgIpc) is 3.00. The highest BCUT2D eigenvalue weighted by Gasteiger charge is 2.31. The van der Waals surface area contributed by atoms with Crippen molar-refractivity contribution >= 4 is 0 Å². The third-order valence-electron chi connectivity index (χ3n) is 2.72. The van der Waals surface area contributed by atoms with Gasteiger partial charge >= 0.3 is 0 Å². The number of hydrogen-bond donors (Lipinski definition) is 1. The Kier molecular flexibility index (Phi) is 2.50. The summed E-state index contributed by atoms with van der Waals surface area (Å²) in [6.45, 7) is 0. The molecule has 1 aromatic rings. The molecule has 1 nitrogen and oxygen atoms in total. The van der Waals surface area contributed by atoms with Gasteiger partial charge in [-0.3, -0.25) is 0 Å². The van der Waals surface area contributed by atoms with E-state index in [1.807, 2.05) is 0 Å². The smallest absolute Gasteiger partial charge is 0.264 e. The number of alkyl halides is 2. The fourth-order valence-electron chi connectivity index (χ4n) is 1.72. The minimum Gasteiger partial charge on any atom is -0.324 e. The van der Waals surface area contributed by atoms with Gasteiger partial charge in [0.25, 0.3) is 6.43 Å². The molecule has 1 aromatic carbocycles. The molecule has 76 valence electrons. The van der Waals surface area contributed by atoms with Gasteiger partial charge in [-0.15, -0.1) is 0 Å². The first-order chi connectivity index (χ1) is 6.70. The van der Waals surface area contributed by atoms with Gasteiger partial charge < -0.3 is 5.73 Å². The van der Waals surface area contributed by atoms with Crippen molar-refractivity contribution in [3.63, 3.8) is 0 Å². The summed E-state index contributed by atoms with van der Waals surface area (Å²) in [5.41, 5.74) is 6.61. The molecule has 0 bridgehead atoms. The molecule has 1 fully saturated rings. The first-order valence-corrected chi connectivity index (χ1v) is 4.82. The second kappa shape index (κ2) is 3.65. The summed E-state index contributed by atoms with van der Waals surface area (Å²) in [6.07, 6.45) is -0.284. The monoisotopic (exact) mass is 197 g/mol. The van der Waals surface area contributed by atoms with Crippen LogP contribution in [-0.2, 0) is 0 Å². The van der Waals surface area contributed by atoms with Crippen LogP contribution in [-0.4, -0.2) is 0 Å². The fourth-order valence-corrected chi connectivity index (χ4v) is 1.72. The topological polar surface area (TPSA) is 26.0 Å². The third kappa shape index (κ3) is 1.77. The van der Waals surface area contributed by atoms with E-state index in [9.17, 15) is 8.78 Å². The first-order valence-electron chi connectivity index (χ1n) is 4.82. The summed E-state index contributed by atoms with van der Waals surface area (Å²) < 4.78 is 25.2. The second-order valence-electron chi connectivity index (χ2n) is 3.79. The maximum Gasteiger partial charge on any atom is 0.264 e. The van der Waals surface area contributed by atoms with E-state index in [1.165, 1.54) is 6.07 Å². The number of hydrogen-bond acceptors (Lipinski definition) is 1. The van der Waals surface area contributed by atoms with Crippen LogP contribution in [0.3, 0.4) is 0 Å². The Hall–Kier alpha value is -0.960. The van der Waals surface area contributed by atoms with Crippen molar-refractivity contribution in [2.24, 2.45) is 11.7 Å². The number of nitrogens with two attached hydrogens (primary N) is 1. The van der Waals surface area contributed by atoms with Crippen molar-refractivity contribution in [1.82, 2.24) is 0 Å². The molecule has 3 heteroatoms. The predicted octanol–water partition coefficient (Wildman–Crippen LogP) is 3.03. The Labute approximate surface area is 81.9 Å². The Balaban J connectivity index is 2.30. The Morgan fingerprint density at radius 2 is 1.71 bits per heavy atom. The molecule has 0 aromatic heterocycles. The van der Waals surface area contributed by atoms with Crippen LogP contribution in [0, 0.1) is 5.92 Å². The zero-order valence-electron chi connectivity index (χ0n) is 7.79. The van der Waals surface area contributed by atoms with Crippen LogP contribution < -0.4 is 5.73 Å². The third-order valence-corrected chi connectivity index (χ3v) is 2.72. The second-order valence-corrected chi connectivity index (χ2v) is 3.79. The normalized spacial score (nSPS) is 18.6. The zero-order valence-corrected chi connectivity index (χ0v) is 7.79. The van der Waals surface area contributed by atoms with Gasteiger partial charge in [0.05, 0.1) is 0 Å². The molecular weight excluding hydrogens is 184 g/mol. The maximum absolute atomic E-state index is 12.6. The van der Waals surface area contributed by atoms with Crippen molar-refractivity contribution < 1.29 is 8.78 Å². The number of rotatable bonds is 3. The molecule has 1 atom stereocenters. The van der Waals surface area contributed by atoms with Crippen LogP contribution >= 0.6 is 0 Å². The average molecular weight is 197 g/mol. The van der Waals surface area contributed by atoms with E-state index >= 15 is 0 Å². The van der Waals surface area contributed by atoms with Gasteiger partial charge in [0.2, 0.25) is 0 Å². The van der Waals surface area contributed by atoms with Crippen molar-refractivity contribution in [1.29, 1.82) is 0 Å². The molecule has 0 unspecified atom stereocenters. The minimum atomic E-state index is -2.42. The molecule has 0 saturated heterocycles. The van der Waals surface area contributed by atoms with Crippen molar-refractivity contribution in [2.45, 2.75) is 25.3 Å². The Morgan fingerprint density at radius 1 is 1.14 bits per heavy atom. The standard InChI is InChI=1S/C11H13F2N/c12-11(13)9-4-2-1-3-8(9)10(14)7-5-6-7/h1-4,7,10-11H,5-6,14H2/t10-/m0/s1. The summed E-state index contributed by atoms with van der Waals surface area (Å²) >= 11 is 0. The Bertz CT molecular complexity index is 321. The van der Waals surface area contributed by atoms with Gasteiger partial charge in [-0.2, -0.15) is 0 Å². The molecule has 2 N–H and O–H groups in total. The first kappa shape index (κ1) is 9.59. The maximum atomic E-state index is 12.6. The van der Waals surface area contributed by atoms with Crippen LogP contribution in [0.5, 0.6) is 0 Å². The largest absolute Gasteiger partial charge is 0.324 e. The molecule has 1 aliphatic carbocycles. The molecule has 1 aliphatic rings. The lowest BCUT2D eigenvalue weighted by atomic mass is 9.98. The molecule has 1 saturated carbocycles. The Morgan fingerprint density at radius 3 is 2.21 bits per heavy atom. The highest BCUT2D eigenvalue weighted by molar-refractivity contribution is 5.31. The quantitative estimate of drug-likeness (QED) is 0.791. The van der Waals surface area contributed by atoms with Crippen LogP contribution in [0.25, 0.3) is 0 Å². The zero-order chi connectivity index (χ0) is 10.1. The van der Waals surface area contributed by atoms with Crippen molar-refractivity contribution in [3.05, 3.63) is 35.4 Å². The summed E-state index contributed by atoms with van der Waals surface area (Å²) in [4.78, 5) is 0. The van der Waals surface area contributed by atoms with E-state index in [0.29, 0.717) is 11.5 Å². The van der Waals surface area contributed by atoms with E-state index in [4.69, 9.17) is 5.73 Å². The summed E-state index contributed by atoms with van der Waals surface area (Å²) in [5.74, 6) is 0.412. The highest BCUT2D eigenvalue weighted by Crippen LogP contribution is 2.41. The summed E-state index contributed by atoms with van der Waals surface area (Å²) in [6, 6.07) is 6.36. The van der Waals surface area contributed by atoms with Gasteiger partial charge in [0, 0.05) is 11.6 Å². The van der Waals surface area contributed by atoms with Crippen LogP contribution in [0.1, 0.15) is 36.4 Å². The lowest BCUT2D eigenvalue weighted by molar-refractivity contribution is 0.149. The number of halogens is 2. The van der Waals surface area contributed by atoms with E-state index in [0.717, 1.165) is 12.8 Å². The predicted molar refractivity (Wildman–Crippen MR) is 51.1 cm³/mol. The molecule has 14 heavy (non-hydrogen) atoms. The summed E-state index contributed by atoms with van der Waals surface area (Å²) in [5, 5.41) is 0. The molecule has 0 heterocycles. The fraction of sp³-hybridized carbons (Fsp3) is 0.455. The van der Waals surface area contributed by atoms with Gasteiger partial charge in [-0.05, 0) is 24.3 Å². The van der Waals surface area contributed by atoms with Crippen LogP contribution in [0.15, 0.2) is 24.3 Å². The van der Waals surface area contributed by atoms with Gasteiger partial charge in [-0.25, -0.2) is 8.78 Å². The molecule has 2 rings (SSSR count). The van der Waals surface area contributed by atoms with Gasteiger partial charge in [0.15, 0.2) is 0 Å². The van der Waals surface area contributed by atoms with Crippen molar-refractivity contribution in [3.8, 4) is 0 Å². The molecule has 0 radical (unpaired) electrons. The van der Waals surface area contributed by atoms with Crippen LogP contribution in [0.4, 0.5) is 8.78 Å². The van der Waals surface area contributed by atoms with E-state index < -0.39 is 6.43 Å². The lowest BCUT2D eigenvalue weighted by Gasteiger charge is -2.15. The minimum absolute atomic E-state index is 0.0897. The number of benzene rings is 1. The van der Waals surface area contributed by atoms with E-state index in [2.05, 4.69) is 0 Å². The molecule has 0 aliphatic heterocycles. The molecular formula is C11H13F2N. The molecule has 0 amide bonds. The molecule has 0 spiro atoms. The highest BCUT2D eigenvalue weighted by atomic mass is 19.3. The van der Waals surface area contributed by atoms with Gasteiger partial charge in [0.1, 0.15) is 0 Å². The van der Waals surface area contributed by atoms with Crippen LogP contribution in [0.2, 0.25) is 0 Å². The SMILES string of the molecule is N[C@H](c1ccccc1C(F)F)C1CC1. The van der Waals surface area contributed by atoms with E-state index in [1.54, 1.807) is 18.2 Å². The lowest BCUT2D eigenvalue weighted by Crippen LogP contribution is -2.14. The van der Waals surface area contributed by atoms with E-state index in [-0.39, 0.29) is 11.6 Å². The van der Waals surface area contributed by atoms with Crippen molar-refractivity contribution in [2.75, 3.05) is 0 Å².